The Morgan fingerprint density at radius 3 is 2.06 bits per heavy atom. The van der Waals surface area contributed by atoms with Crippen molar-refractivity contribution in [3.8, 4) is 32.1 Å². The van der Waals surface area contributed by atoms with Crippen molar-refractivity contribution in [1.82, 2.24) is 4.98 Å². The van der Waals surface area contributed by atoms with Crippen LogP contribution in [0.25, 0.3) is 50.9 Å². The molecule has 6 heteroatoms. The number of thiophene rings is 5. The van der Waals surface area contributed by atoms with Gasteiger partial charge in [0.1, 0.15) is 0 Å². The van der Waals surface area contributed by atoms with Crippen molar-refractivity contribution < 1.29 is 0 Å². The molecule has 0 aliphatic heterocycles. The molecule has 0 amide bonds. The molecule has 0 aliphatic carbocycles. The number of hydrogen-bond acceptors (Lipinski definition) is 6. The number of aromatic nitrogens is 1. The van der Waals surface area contributed by atoms with Crippen molar-refractivity contribution >= 4 is 75.5 Å². The van der Waals surface area contributed by atoms with Crippen LogP contribution in [0.2, 0.25) is 0 Å². The highest BCUT2D eigenvalue weighted by atomic mass is 32.1. The third-order valence-electron chi connectivity index (χ3n) is 5.49. The second kappa shape index (κ2) is 7.36. The summed E-state index contributed by atoms with van der Waals surface area (Å²) < 4.78 is 5.66. The highest BCUT2D eigenvalue weighted by Crippen LogP contribution is 2.55. The molecule has 0 unspecified atom stereocenters. The fourth-order valence-corrected chi connectivity index (χ4v) is 10.4. The summed E-state index contributed by atoms with van der Waals surface area (Å²) in [4.78, 5) is 12.8. The summed E-state index contributed by atoms with van der Waals surface area (Å²) in [6, 6.07) is 13.2. The molecule has 0 atom stereocenters. The van der Waals surface area contributed by atoms with E-state index in [1.165, 1.54) is 64.8 Å². The van der Waals surface area contributed by atoms with Gasteiger partial charge >= 0.3 is 0 Å². The maximum Gasteiger partial charge on any atom is 0.0802 e. The molecule has 0 saturated heterocycles. The van der Waals surface area contributed by atoms with Gasteiger partial charge in [0.25, 0.3) is 0 Å². The molecule has 0 N–H and O–H groups in total. The van der Waals surface area contributed by atoms with E-state index in [-0.39, 0.29) is 0 Å². The summed E-state index contributed by atoms with van der Waals surface area (Å²) in [6.45, 7) is 8.96. The van der Waals surface area contributed by atoms with E-state index in [1.54, 1.807) is 0 Å². The molecule has 0 saturated carbocycles. The van der Waals surface area contributed by atoms with E-state index in [1.807, 2.05) is 68.9 Å². The maximum absolute atomic E-state index is 4.57. The lowest BCUT2D eigenvalue weighted by Crippen LogP contribution is -1.79. The van der Waals surface area contributed by atoms with E-state index < -0.39 is 0 Å². The Balaban J connectivity index is 1.66. The van der Waals surface area contributed by atoms with Crippen LogP contribution in [0.1, 0.15) is 19.5 Å². The van der Waals surface area contributed by atoms with Gasteiger partial charge in [-0.25, -0.2) is 0 Å². The van der Waals surface area contributed by atoms with Crippen LogP contribution in [0.4, 0.5) is 0 Å². The van der Waals surface area contributed by atoms with Gasteiger partial charge in [-0.2, -0.15) is 0 Å². The van der Waals surface area contributed by atoms with Gasteiger partial charge in [0, 0.05) is 46.4 Å². The largest absolute Gasteiger partial charge is 0.255 e. The standard InChI is InChI=1S/C25H19NS5/c1-12-9-16(14(3)27-12)21-22(17-10-13(2)28-15(17)4)31-25-23-20(30-24(21)25)11-19(29-23)18-7-5-6-8-26-18/h5-11H,1-4H3. The van der Waals surface area contributed by atoms with E-state index in [0.29, 0.717) is 0 Å². The van der Waals surface area contributed by atoms with Gasteiger partial charge in [0.15, 0.2) is 0 Å². The molecule has 0 bridgehead atoms. The number of hydrogen-bond donors (Lipinski definition) is 0. The van der Waals surface area contributed by atoms with Crippen LogP contribution in [-0.2, 0) is 0 Å². The quantitative estimate of drug-likeness (QED) is 0.239. The summed E-state index contributed by atoms with van der Waals surface area (Å²) >= 11 is 9.61. The number of aryl methyl sites for hydroxylation is 4. The molecule has 154 valence electrons. The lowest BCUT2D eigenvalue weighted by Gasteiger charge is -2.04. The van der Waals surface area contributed by atoms with Crippen molar-refractivity contribution in [1.29, 1.82) is 0 Å². The molecule has 31 heavy (non-hydrogen) atoms. The molecule has 6 heterocycles. The number of pyridine rings is 1. The first-order chi connectivity index (χ1) is 15.0. The Labute approximate surface area is 201 Å². The molecule has 6 aromatic heterocycles. The van der Waals surface area contributed by atoms with Crippen LogP contribution >= 0.6 is 56.7 Å². The summed E-state index contributed by atoms with van der Waals surface area (Å²) in [5, 5.41) is 0. The Kier molecular flexibility index (Phi) is 4.70. The fraction of sp³-hybridized carbons (Fsp3) is 0.160. The molecule has 1 nitrogen and oxygen atoms in total. The molecule has 6 aromatic rings. The van der Waals surface area contributed by atoms with Crippen molar-refractivity contribution in [3.05, 3.63) is 62.1 Å². The van der Waals surface area contributed by atoms with Gasteiger partial charge in [0.2, 0.25) is 0 Å². The minimum absolute atomic E-state index is 1.06. The Morgan fingerprint density at radius 2 is 1.42 bits per heavy atom. The average molecular weight is 494 g/mol. The van der Waals surface area contributed by atoms with Crippen LogP contribution in [0.15, 0.2) is 42.6 Å². The zero-order valence-electron chi connectivity index (χ0n) is 17.5. The molecular weight excluding hydrogens is 475 g/mol. The monoisotopic (exact) mass is 493 g/mol. The van der Waals surface area contributed by atoms with Crippen LogP contribution in [-0.4, -0.2) is 4.98 Å². The molecule has 0 aromatic carbocycles. The lowest BCUT2D eigenvalue weighted by atomic mass is 10.0. The van der Waals surface area contributed by atoms with E-state index >= 15 is 0 Å². The van der Waals surface area contributed by atoms with E-state index in [9.17, 15) is 0 Å². The van der Waals surface area contributed by atoms with Gasteiger partial charge < -0.3 is 0 Å². The van der Waals surface area contributed by atoms with Crippen LogP contribution < -0.4 is 0 Å². The highest BCUT2D eigenvalue weighted by Gasteiger charge is 2.24. The normalized spacial score (nSPS) is 11.9. The topological polar surface area (TPSA) is 12.9 Å². The zero-order valence-corrected chi connectivity index (χ0v) is 21.6. The van der Waals surface area contributed by atoms with Crippen molar-refractivity contribution in [2.75, 3.05) is 0 Å². The Bertz CT molecular complexity index is 1570. The third kappa shape index (κ3) is 3.16. The summed E-state index contributed by atoms with van der Waals surface area (Å²) in [7, 11) is 0. The fourth-order valence-electron chi connectivity index (χ4n) is 4.19. The summed E-state index contributed by atoms with van der Waals surface area (Å²) in [5.74, 6) is 0. The first-order valence-corrected chi connectivity index (χ1v) is 14.1. The van der Waals surface area contributed by atoms with Gasteiger partial charge in [-0.3, -0.25) is 4.98 Å². The van der Waals surface area contributed by atoms with Crippen LogP contribution in [0.3, 0.4) is 0 Å². The second-order valence-electron chi connectivity index (χ2n) is 7.74. The zero-order chi connectivity index (χ0) is 21.3. The molecule has 0 aliphatic rings. The van der Waals surface area contributed by atoms with Crippen molar-refractivity contribution in [2.45, 2.75) is 27.7 Å². The number of rotatable bonds is 3. The van der Waals surface area contributed by atoms with E-state index in [4.69, 9.17) is 0 Å². The van der Waals surface area contributed by atoms with Gasteiger partial charge in [-0.05, 0) is 63.6 Å². The van der Waals surface area contributed by atoms with Gasteiger partial charge in [0.05, 0.1) is 24.7 Å². The minimum Gasteiger partial charge on any atom is -0.255 e. The Hall–Kier alpha value is -1.83. The molecule has 0 spiro atoms. The number of nitrogens with zero attached hydrogens (tertiary/aromatic N) is 1. The predicted octanol–water partition coefficient (Wildman–Crippen LogP) is 9.93. The van der Waals surface area contributed by atoms with Crippen LogP contribution in [0.5, 0.6) is 0 Å². The SMILES string of the molecule is Cc1cc(-c2sc3c(sc4cc(-c5ccccn5)sc43)c2-c2cc(C)sc2C)c(C)s1. The predicted molar refractivity (Wildman–Crippen MR) is 144 cm³/mol. The van der Waals surface area contributed by atoms with Gasteiger partial charge in [-0.1, -0.05) is 6.07 Å². The van der Waals surface area contributed by atoms with Crippen LogP contribution in [0, 0.1) is 27.7 Å². The first kappa shape index (κ1) is 19.8. The Morgan fingerprint density at radius 1 is 0.677 bits per heavy atom. The third-order valence-corrected chi connectivity index (χ3v) is 11.4. The molecule has 0 radical (unpaired) electrons. The molecular formula is C25H19NS5. The van der Waals surface area contributed by atoms with Gasteiger partial charge in [-0.15, -0.1) is 56.7 Å². The summed E-state index contributed by atoms with van der Waals surface area (Å²) in [5.41, 5.74) is 5.32. The molecule has 6 rings (SSSR count). The minimum atomic E-state index is 1.06. The smallest absolute Gasteiger partial charge is 0.0802 e. The first-order valence-electron chi connectivity index (χ1n) is 10.0. The lowest BCUT2D eigenvalue weighted by molar-refractivity contribution is 1.34. The van der Waals surface area contributed by atoms with E-state index in [2.05, 4.69) is 63.0 Å². The highest BCUT2D eigenvalue weighted by molar-refractivity contribution is 7.40. The second-order valence-corrected chi connectivity index (χ2v) is 13.8. The number of fused-ring (bicyclic) bond motifs is 3. The van der Waals surface area contributed by atoms with E-state index in [0.717, 1.165) is 5.69 Å². The summed E-state index contributed by atoms with van der Waals surface area (Å²) in [6.07, 6.45) is 1.88. The van der Waals surface area contributed by atoms with Crippen molar-refractivity contribution in [2.24, 2.45) is 0 Å². The van der Waals surface area contributed by atoms with Crippen molar-refractivity contribution in [3.63, 3.8) is 0 Å². The molecule has 0 fully saturated rings. The maximum atomic E-state index is 4.57. The average Bonchev–Trinajstić information content (AvgIpc) is 3.51.